The Morgan fingerprint density at radius 1 is 1.38 bits per heavy atom. The van der Waals surface area contributed by atoms with Gasteiger partial charge in [0.05, 0.1) is 17.7 Å². The monoisotopic (exact) mass is 242 g/mol. The Morgan fingerprint density at radius 3 is 2.62 bits per heavy atom. The molecule has 1 aromatic rings. The van der Waals surface area contributed by atoms with Gasteiger partial charge in [-0.05, 0) is 17.7 Å². The highest BCUT2D eigenvalue weighted by atomic mass is 35.5. The van der Waals surface area contributed by atoms with Crippen molar-refractivity contribution in [2.24, 2.45) is 0 Å². The van der Waals surface area contributed by atoms with Crippen LogP contribution < -0.4 is 4.74 Å². The number of ether oxygens (including phenoxy) is 2. The molecule has 0 amide bonds. The van der Waals surface area contributed by atoms with Gasteiger partial charge in [0.15, 0.2) is 0 Å². The third-order valence-corrected chi connectivity index (χ3v) is 3.30. The molecule has 0 bridgehead atoms. The molecule has 4 heteroatoms. The maximum atomic E-state index is 10.5. The van der Waals surface area contributed by atoms with Gasteiger partial charge in [-0.1, -0.05) is 17.7 Å². The minimum absolute atomic E-state index is 0.528. The van der Waals surface area contributed by atoms with Gasteiger partial charge in [-0.25, -0.2) is 0 Å². The van der Waals surface area contributed by atoms with E-state index in [9.17, 15) is 5.11 Å². The second kappa shape index (κ2) is 4.62. The molecule has 0 unspecified atom stereocenters. The maximum absolute atomic E-state index is 10.5. The molecule has 1 aromatic carbocycles. The van der Waals surface area contributed by atoms with Crippen LogP contribution in [0.1, 0.15) is 18.4 Å². The summed E-state index contributed by atoms with van der Waals surface area (Å²) in [6.45, 7) is 1.17. The van der Waals surface area contributed by atoms with Gasteiger partial charge in [0.25, 0.3) is 0 Å². The lowest BCUT2D eigenvalue weighted by atomic mass is 9.86. The van der Waals surface area contributed by atoms with Crippen molar-refractivity contribution < 1.29 is 14.6 Å². The van der Waals surface area contributed by atoms with Crippen LogP contribution in [0.3, 0.4) is 0 Å². The molecule has 3 nitrogen and oxygen atoms in total. The number of hydrogen-bond donors (Lipinski definition) is 1. The average molecular weight is 243 g/mol. The summed E-state index contributed by atoms with van der Waals surface area (Å²) >= 11 is 6.04. The van der Waals surface area contributed by atoms with Gasteiger partial charge < -0.3 is 14.6 Å². The van der Waals surface area contributed by atoms with E-state index < -0.39 is 5.60 Å². The molecular weight excluding hydrogens is 228 g/mol. The predicted octanol–water partition coefficient (Wildman–Crippen LogP) is 2.35. The van der Waals surface area contributed by atoms with Crippen molar-refractivity contribution in [3.63, 3.8) is 0 Å². The molecule has 0 aromatic heterocycles. The van der Waals surface area contributed by atoms with E-state index in [1.807, 2.05) is 6.07 Å². The van der Waals surface area contributed by atoms with Gasteiger partial charge in [-0.3, -0.25) is 0 Å². The average Bonchev–Trinajstić information content (AvgIpc) is 2.30. The van der Waals surface area contributed by atoms with Crippen LogP contribution in [-0.4, -0.2) is 25.4 Å². The number of halogens is 1. The highest BCUT2D eigenvalue weighted by molar-refractivity contribution is 6.32. The van der Waals surface area contributed by atoms with E-state index in [2.05, 4.69) is 0 Å². The molecule has 1 aliphatic rings. The molecule has 2 rings (SSSR count). The van der Waals surface area contributed by atoms with E-state index in [1.165, 1.54) is 0 Å². The Morgan fingerprint density at radius 2 is 2.06 bits per heavy atom. The third kappa shape index (κ3) is 2.17. The van der Waals surface area contributed by atoms with Crippen molar-refractivity contribution in [3.05, 3.63) is 28.8 Å². The molecular formula is C12H15ClO3. The second-order valence-electron chi connectivity index (χ2n) is 3.99. The normalized spacial score (nSPS) is 19.4. The van der Waals surface area contributed by atoms with Crippen molar-refractivity contribution in [1.29, 1.82) is 0 Å². The highest BCUT2D eigenvalue weighted by Gasteiger charge is 2.32. The highest BCUT2D eigenvalue weighted by Crippen LogP contribution is 2.35. The van der Waals surface area contributed by atoms with Crippen molar-refractivity contribution in [2.75, 3.05) is 20.3 Å². The van der Waals surface area contributed by atoms with Crippen LogP contribution in [0.2, 0.25) is 5.02 Å². The Balaban J connectivity index is 2.29. The van der Waals surface area contributed by atoms with Crippen LogP contribution in [0, 0.1) is 0 Å². The lowest BCUT2D eigenvalue weighted by Gasteiger charge is -2.32. The summed E-state index contributed by atoms with van der Waals surface area (Å²) in [5.41, 5.74) is 0.0235. The van der Waals surface area contributed by atoms with Crippen LogP contribution in [0.5, 0.6) is 5.75 Å². The fraction of sp³-hybridized carbons (Fsp3) is 0.500. The Bertz CT molecular complexity index is 373. The molecule has 0 atom stereocenters. The zero-order valence-electron chi connectivity index (χ0n) is 9.20. The first kappa shape index (κ1) is 11.7. The van der Waals surface area contributed by atoms with E-state index in [1.54, 1.807) is 19.2 Å². The Hall–Kier alpha value is -0.770. The van der Waals surface area contributed by atoms with E-state index in [0.717, 1.165) is 5.56 Å². The van der Waals surface area contributed by atoms with Crippen LogP contribution in [0.15, 0.2) is 18.2 Å². The standard InChI is InChI=1S/C12H15ClO3/c1-15-11-3-2-9(8-10(11)13)12(14)4-6-16-7-5-12/h2-3,8,14H,4-7H2,1H3. The summed E-state index contributed by atoms with van der Waals surface area (Å²) in [5, 5.41) is 11.0. The van der Waals surface area contributed by atoms with Crippen molar-refractivity contribution in [2.45, 2.75) is 18.4 Å². The molecule has 0 radical (unpaired) electrons. The summed E-state index contributed by atoms with van der Waals surface area (Å²) in [6.07, 6.45) is 1.21. The summed E-state index contributed by atoms with van der Waals surface area (Å²) in [7, 11) is 1.57. The minimum Gasteiger partial charge on any atom is -0.495 e. The topological polar surface area (TPSA) is 38.7 Å². The molecule has 16 heavy (non-hydrogen) atoms. The van der Waals surface area contributed by atoms with Crippen LogP contribution in [0.4, 0.5) is 0 Å². The maximum Gasteiger partial charge on any atom is 0.137 e. The molecule has 1 aliphatic heterocycles. The van der Waals surface area contributed by atoms with Crippen molar-refractivity contribution in [3.8, 4) is 5.75 Å². The molecule has 1 fully saturated rings. The van der Waals surface area contributed by atoms with E-state index in [4.69, 9.17) is 21.1 Å². The second-order valence-corrected chi connectivity index (χ2v) is 4.40. The van der Waals surface area contributed by atoms with E-state index in [0.29, 0.717) is 36.8 Å². The largest absolute Gasteiger partial charge is 0.495 e. The van der Waals surface area contributed by atoms with Gasteiger partial charge >= 0.3 is 0 Å². The number of aliphatic hydroxyl groups is 1. The first-order chi connectivity index (χ1) is 7.65. The summed E-state index contributed by atoms with van der Waals surface area (Å²) in [6, 6.07) is 5.41. The SMILES string of the molecule is COc1ccc(C2(O)CCOCC2)cc1Cl. The van der Waals surface area contributed by atoms with Gasteiger partial charge in [-0.2, -0.15) is 0 Å². The van der Waals surface area contributed by atoms with Crippen molar-refractivity contribution in [1.82, 2.24) is 0 Å². The van der Waals surface area contributed by atoms with Gasteiger partial charge in [0.1, 0.15) is 5.75 Å². The fourth-order valence-corrected chi connectivity index (χ4v) is 2.21. The zero-order chi connectivity index (χ0) is 11.6. The molecule has 88 valence electrons. The lowest BCUT2D eigenvalue weighted by Crippen LogP contribution is -2.33. The van der Waals surface area contributed by atoms with Crippen LogP contribution in [-0.2, 0) is 10.3 Å². The first-order valence-corrected chi connectivity index (χ1v) is 5.68. The van der Waals surface area contributed by atoms with Crippen molar-refractivity contribution >= 4 is 11.6 Å². The van der Waals surface area contributed by atoms with Gasteiger partial charge in [0, 0.05) is 26.1 Å². The van der Waals surface area contributed by atoms with Gasteiger partial charge in [0.2, 0.25) is 0 Å². The molecule has 1 N–H and O–H groups in total. The minimum atomic E-state index is -0.811. The van der Waals surface area contributed by atoms with E-state index in [-0.39, 0.29) is 0 Å². The van der Waals surface area contributed by atoms with Crippen LogP contribution >= 0.6 is 11.6 Å². The number of methoxy groups -OCH3 is 1. The number of benzene rings is 1. The smallest absolute Gasteiger partial charge is 0.137 e. The summed E-state index contributed by atoms with van der Waals surface area (Å²) in [4.78, 5) is 0. The Labute approximate surface area is 99.9 Å². The Kier molecular flexibility index (Phi) is 3.38. The molecule has 0 aliphatic carbocycles. The fourth-order valence-electron chi connectivity index (χ4n) is 1.95. The molecule has 1 saturated heterocycles. The zero-order valence-corrected chi connectivity index (χ0v) is 9.96. The van der Waals surface area contributed by atoms with Crippen LogP contribution in [0.25, 0.3) is 0 Å². The lowest BCUT2D eigenvalue weighted by molar-refractivity contribution is -0.0679. The number of rotatable bonds is 2. The van der Waals surface area contributed by atoms with Gasteiger partial charge in [-0.15, -0.1) is 0 Å². The van der Waals surface area contributed by atoms with E-state index >= 15 is 0 Å². The first-order valence-electron chi connectivity index (χ1n) is 5.30. The quantitative estimate of drug-likeness (QED) is 0.865. The molecule has 1 heterocycles. The molecule has 0 spiro atoms. The molecule has 0 saturated carbocycles. The predicted molar refractivity (Wildman–Crippen MR) is 62.0 cm³/mol. The third-order valence-electron chi connectivity index (χ3n) is 3.01. The number of hydrogen-bond acceptors (Lipinski definition) is 3. The summed E-state index contributed by atoms with van der Waals surface area (Å²) in [5.74, 6) is 0.626. The summed E-state index contributed by atoms with van der Waals surface area (Å²) < 4.78 is 10.3.